The number of hydrogen-bond donors (Lipinski definition) is 0. The van der Waals surface area contributed by atoms with E-state index in [0.717, 1.165) is 11.1 Å². The van der Waals surface area contributed by atoms with Crippen molar-refractivity contribution in [1.82, 2.24) is 9.38 Å². The smallest absolute Gasteiger partial charge is 0.331 e. The zero-order valence-electron chi connectivity index (χ0n) is 14.0. The first-order chi connectivity index (χ1) is 12.5. The Morgan fingerprint density at radius 2 is 2.04 bits per heavy atom. The molecular weight excluding hydrogens is 330 g/mol. The van der Waals surface area contributed by atoms with E-state index in [2.05, 4.69) is 4.98 Å². The number of aromatic nitrogens is 2. The van der Waals surface area contributed by atoms with Gasteiger partial charge in [-0.3, -0.25) is 9.20 Å². The zero-order chi connectivity index (χ0) is 18.5. The van der Waals surface area contributed by atoms with Crippen LogP contribution in [0.4, 0.5) is 0 Å². The van der Waals surface area contributed by atoms with Gasteiger partial charge in [0, 0.05) is 18.3 Å². The van der Waals surface area contributed by atoms with Gasteiger partial charge in [0.05, 0.1) is 17.3 Å². The monoisotopic (exact) mass is 345 g/mol. The van der Waals surface area contributed by atoms with Gasteiger partial charge in [0.1, 0.15) is 12.3 Å². The molecule has 0 saturated carbocycles. The minimum atomic E-state index is -0.541. The van der Waals surface area contributed by atoms with Crippen LogP contribution in [0, 0.1) is 18.3 Å². The van der Waals surface area contributed by atoms with Gasteiger partial charge in [0.2, 0.25) is 0 Å². The molecule has 0 bridgehead atoms. The predicted octanol–water partition coefficient (Wildman–Crippen LogP) is 2.63. The molecule has 2 heterocycles. The van der Waals surface area contributed by atoms with Crippen LogP contribution in [0.2, 0.25) is 0 Å². The van der Waals surface area contributed by atoms with Crippen molar-refractivity contribution in [2.24, 2.45) is 0 Å². The lowest BCUT2D eigenvalue weighted by molar-refractivity contribution is -0.139. The fourth-order valence-corrected chi connectivity index (χ4v) is 2.36. The van der Waals surface area contributed by atoms with Crippen LogP contribution in [0.3, 0.4) is 0 Å². The average molecular weight is 345 g/mol. The van der Waals surface area contributed by atoms with Crippen LogP contribution >= 0.6 is 0 Å². The molecule has 0 fully saturated rings. The van der Waals surface area contributed by atoms with Crippen molar-refractivity contribution < 1.29 is 9.53 Å². The van der Waals surface area contributed by atoms with Gasteiger partial charge < -0.3 is 4.74 Å². The van der Waals surface area contributed by atoms with Crippen molar-refractivity contribution in [3.63, 3.8) is 0 Å². The molecule has 0 amide bonds. The summed E-state index contributed by atoms with van der Waals surface area (Å²) in [5.41, 5.74) is 2.94. The number of rotatable bonds is 4. The molecule has 0 aliphatic carbocycles. The largest absolute Gasteiger partial charge is 0.456 e. The van der Waals surface area contributed by atoms with Crippen molar-refractivity contribution in [2.75, 3.05) is 0 Å². The van der Waals surface area contributed by atoms with Crippen LogP contribution in [-0.2, 0) is 16.1 Å². The molecule has 128 valence electrons. The quantitative estimate of drug-likeness (QED) is 0.536. The normalized spacial score (nSPS) is 10.8. The summed E-state index contributed by atoms with van der Waals surface area (Å²) in [6.07, 6.45) is 4.59. The number of nitriles is 1. The fraction of sp³-hybridized carbons (Fsp3) is 0.100. The van der Waals surface area contributed by atoms with Crippen molar-refractivity contribution in [3.05, 3.63) is 87.5 Å². The lowest BCUT2D eigenvalue weighted by Crippen LogP contribution is -2.16. The number of ether oxygens (including phenoxy) is 1. The summed E-state index contributed by atoms with van der Waals surface area (Å²) >= 11 is 0. The summed E-state index contributed by atoms with van der Waals surface area (Å²) in [4.78, 5) is 28.3. The number of carbonyl (C=O) groups excluding carboxylic acids is 1. The Labute approximate surface area is 149 Å². The number of nitrogens with zero attached hydrogens (tertiary/aromatic N) is 3. The molecule has 6 nitrogen and oxygen atoms in total. The molecule has 0 spiro atoms. The highest BCUT2D eigenvalue weighted by atomic mass is 16.5. The van der Waals surface area contributed by atoms with Gasteiger partial charge in [0.25, 0.3) is 5.56 Å². The Morgan fingerprint density at radius 1 is 1.27 bits per heavy atom. The Morgan fingerprint density at radius 3 is 2.77 bits per heavy atom. The average Bonchev–Trinajstić information content (AvgIpc) is 2.65. The molecule has 0 aliphatic heterocycles. The first-order valence-corrected chi connectivity index (χ1v) is 7.89. The second-order valence-electron chi connectivity index (χ2n) is 5.70. The molecule has 0 unspecified atom stereocenters. The summed E-state index contributed by atoms with van der Waals surface area (Å²) in [6, 6.07) is 13.8. The highest BCUT2D eigenvalue weighted by molar-refractivity contribution is 5.87. The minimum absolute atomic E-state index is 0.0871. The van der Waals surface area contributed by atoms with E-state index in [1.807, 2.05) is 19.1 Å². The van der Waals surface area contributed by atoms with Gasteiger partial charge in [-0.15, -0.1) is 0 Å². The van der Waals surface area contributed by atoms with E-state index in [1.54, 1.807) is 42.6 Å². The molecule has 0 atom stereocenters. The molecule has 6 heteroatoms. The van der Waals surface area contributed by atoms with E-state index >= 15 is 0 Å². The summed E-state index contributed by atoms with van der Waals surface area (Å²) in [7, 11) is 0. The number of benzene rings is 1. The number of carbonyl (C=O) groups is 1. The lowest BCUT2D eigenvalue weighted by atomic mass is 10.1. The summed E-state index contributed by atoms with van der Waals surface area (Å²) in [6.45, 7) is 1.80. The van der Waals surface area contributed by atoms with Gasteiger partial charge in [-0.25, -0.2) is 9.78 Å². The Hall–Kier alpha value is -3.72. The molecule has 0 aliphatic rings. The fourth-order valence-electron chi connectivity index (χ4n) is 2.36. The summed E-state index contributed by atoms with van der Waals surface area (Å²) in [5.74, 6) is -0.541. The van der Waals surface area contributed by atoms with E-state index in [9.17, 15) is 9.59 Å². The number of fused-ring (bicyclic) bond motifs is 1. The first-order valence-electron chi connectivity index (χ1n) is 7.89. The Balaban J connectivity index is 1.66. The predicted molar refractivity (Wildman–Crippen MR) is 96.2 cm³/mol. The second-order valence-corrected chi connectivity index (χ2v) is 5.70. The van der Waals surface area contributed by atoms with Gasteiger partial charge in [-0.2, -0.15) is 5.26 Å². The van der Waals surface area contributed by atoms with E-state index in [-0.39, 0.29) is 12.2 Å². The van der Waals surface area contributed by atoms with Gasteiger partial charge in [-0.1, -0.05) is 18.2 Å². The van der Waals surface area contributed by atoms with Crippen molar-refractivity contribution in [3.8, 4) is 6.07 Å². The zero-order valence-corrected chi connectivity index (χ0v) is 14.0. The summed E-state index contributed by atoms with van der Waals surface area (Å²) < 4.78 is 6.58. The standard InChI is InChI=1S/C20H15N3O3/c1-14-2-8-18-22-17(10-19(24)23(18)12-14)13-26-20(25)9-7-15-3-5-16(11-21)6-4-15/h2-10,12H,13H2,1H3/b9-7+. The van der Waals surface area contributed by atoms with E-state index in [4.69, 9.17) is 10.00 Å². The lowest BCUT2D eigenvalue weighted by Gasteiger charge is -2.05. The Kier molecular flexibility index (Phi) is 4.90. The molecule has 26 heavy (non-hydrogen) atoms. The van der Waals surface area contributed by atoms with Gasteiger partial charge in [0.15, 0.2) is 0 Å². The Bertz CT molecular complexity index is 1090. The SMILES string of the molecule is Cc1ccc2nc(COC(=O)/C=C/c3ccc(C#N)cc3)cc(=O)n2c1. The van der Waals surface area contributed by atoms with Crippen LogP contribution < -0.4 is 5.56 Å². The molecule has 0 saturated heterocycles. The molecule has 3 rings (SSSR count). The number of pyridine rings is 1. The second kappa shape index (κ2) is 7.45. The molecular formula is C20H15N3O3. The first kappa shape index (κ1) is 17.1. The van der Waals surface area contributed by atoms with Crippen molar-refractivity contribution in [1.29, 1.82) is 5.26 Å². The van der Waals surface area contributed by atoms with Crippen molar-refractivity contribution in [2.45, 2.75) is 13.5 Å². The number of esters is 1. The van der Waals surface area contributed by atoms with Crippen molar-refractivity contribution >= 4 is 17.7 Å². The third-order valence-electron chi connectivity index (χ3n) is 3.67. The highest BCUT2D eigenvalue weighted by Gasteiger charge is 2.05. The number of hydrogen-bond acceptors (Lipinski definition) is 5. The topological polar surface area (TPSA) is 84.5 Å². The van der Waals surface area contributed by atoms with Crippen LogP contribution in [0.5, 0.6) is 0 Å². The number of aryl methyl sites for hydroxylation is 1. The van der Waals surface area contributed by atoms with Gasteiger partial charge >= 0.3 is 5.97 Å². The van der Waals surface area contributed by atoms with Crippen LogP contribution in [0.15, 0.2) is 59.5 Å². The molecule has 3 aromatic rings. The maximum Gasteiger partial charge on any atom is 0.331 e. The highest BCUT2D eigenvalue weighted by Crippen LogP contribution is 2.06. The molecule has 0 N–H and O–H groups in total. The van der Waals surface area contributed by atoms with E-state index in [0.29, 0.717) is 16.9 Å². The third kappa shape index (κ3) is 4.02. The van der Waals surface area contributed by atoms with E-state index < -0.39 is 5.97 Å². The van der Waals surface area contributed by atoms with Crippen LogP contribution in [0.25, 0.3) is 11.7 Å². The molecule has 0 radical (unpaired) electrons. The maximum atomic E-state index is 12.1. The van der Waals surface area contributed by atoms with E-state index in [1.165, 1.54) is 16.5 Å². The van der Waals surface area contributed by atoms with Gasteiger partial charge in [-0.05, 0) is 42.3 Å². The molecule has 1 aromatic carbocycles. The summed E-state index contributed by atoms with van der Waals surface area (Å²) in [5, 5.41) is 8.75. The molecule has 2 aromatic heterocycles. The third-order valence-corrected chi connectivity index (χ3v) is 3.67. The van der Waals surface area contributed by atoms with Crippen LogP contribution in [0.1, 0.15) is 22.4 Å². The maximum absolute atomic E-state index is 12.1. The minimum Gasteiger partial charge on any atom is -0.456 e. The van der Waals surface area contributed by atoms with Crippen LogP contribution in [-0.4, -0.2) is 15.4 Å².